The van der Waals surface area contributed by atoms with Crippen LogP contribution >= 0.6 is 0 Å². The van der Waals surface area contributed by atoms with Crippen LogP contribution in [0.3, 0.4) is 0 Å². The van der Waals surface area contributed by atoms with Crippen molar-refractivity contribution in [1.82, 2.24) is 9.55 Å². The highest BCUT2D eigenvalue weighted by Gasteiger charge is 2.16. The molecule has 0 spiro atoms. The predicted octanol–water partition coefficient (Wildman–Crippen LogP) is -0.755. The van der Waals surface area contributed by atoms with Crippen LogP contribution in [-0.2, 0) is 14.3 Å². The van der Waals surface area contributed by atoms with Crippen molar-refractivity contribution in [3.63, 3.8) is 0 Å². The van der Waals surface area contributed by atoms with E-state index < -0.39 is 23.4 Å². The van der Waals surface area contributed by atoms with Gasteiger partial charge < -0.3 is 9.47 Å². The van der Waals surface area contributed by atoms with Crippen LogP contribution in [0, 0.1) is 0 Å². The number of carbonyl (C=O) groups excluding carboxylic acids is 1. The van der Waals surface area contributed by atoms with Gasteiger partial charge in [-0.15, -0.1) is 0 Å². The molecule has 0 aliphatic rings. The summed E-state index contributed by atoms with van der Waals surface area (Å²) < 4.78 is 10.5. The molecule has 88 valence electrons. The Balaban J connectivity index is 3.00. The average molecular weight is 228 g/mol. The summed E-state index contributed by atoms with van der Waals surface area (Å²) in [5.74, 6) is -0.509. The molecule has 1 N–H and O–H groups in total. The molecular formula is C9H12N2O5. The number of aromatic nitrogens is 2. The molecule has 0 saturated heterocycles. The fourth-order valence-electron chi connectivity index (χ4n) is 1.18. The van der Waals surface area contributed by atoms with Gasteiger partial charge >= 0.3 is 11.7 Å². The minimum atomic E-state index is -0.795. The number of methoxy groups -OCH3 is 2. The number of hydrogen-bond donors (Lipinski definition) is 1. The van der Waals surface area contributed by atoms with E-state index in [1.165, 1.54) is 26.5 Å². The number of carbonyl (C=O) groups is 1. The molecule has 1 atom stereocenters. The molecule has 0 aliphatic heterocycles. The standard InChI is InChI=1S/C9H12N2O5/c1-15-7(5-8(13)16-2)11-4-3-6(12)10-9(11)14/h3-4,7H,5H2,1-2H3,(H,10,12,14). The van der Waals surface area contributed by atoms with Crippen LogP contribution in [0.5, 0.6) is 0 Å². The largest absolute Gasteiger partial charge is 0.469 e. The molecule has 0 bridgehead atoms. The van der Waals surface area contributed by atoms with E-state index in [4.69, 9.17) is 4.74 Å². The zero-order valence-corrected chi connectivity index (χ0v) is 8.93. The molecule has 0 saturated carbocycles. The first-order chi connectivity index (χ1) is 7.58. The van der Waals surface area contributed by atoms with Crippen LogP contribution < -0.4 is 11.2 Å². The maximum atomic E-state index is 11.4. The van der Waals surface area contributed by atoms with Gasteiger partial charge in [-0.3, -0.25) is 19.1 Å². The van der Waals surface area contributed by atoms with Crippen LogP contribution in [0.25, 0.3) is 0 Å². The molecule has 0 radical (unpaired) electrons. The third kappa shape index (κ3) is 2.80. The van der Waals surface area contributed by atoms with Gasteiger partial charge in [-0.2, -0.15) is 0 Å². The number of ether oxygens (including phenoxy) is 2. The smallest absolute Gasteiger partial charge is 0.330 e. The lowest BCUT2D eigenvalue weighted by Crippen LogP contribution is -2.33. The van der Waals surface area contributed by atoms with Gasteiger partial charge in [0.2, 0.25) is 0 Å². The quantitative estimate of drug-likeness (QED) is 0.684. The van der Waals surface area contributed by atoms with Gasteiger partial charge in [-0.25, -0.2) is 4.79 Å². The van der Waals surface area contributed by atoms with Crippen molar-refractivity contribution < 1.29 is 14.3 Å². The van der Waals surface area contributed by atoms with E-state index >= 15 is 0 Å². The second kappa shape index (κ2) is 5.26. The first-order valence-corrected chi connectivity index (χ1v) is 4.49. The normalized spacial score (nSPS) is 12.1. The van der Waals surface area contributed by atoms with Gasteiger partial charge in [0.05, 0.1) is 13.5 Å². The maximum absolute atomic E-state index is 11.4. The molecule has 1 unspecified atom stereocenters. The highest BCUT2D eigenvalue weighted by atomic mass is 16.5. The van der Waals surface area contributed by atoms with Crippen molar-refractivity contribution in [2.24, 2.45) is 0 Å². The number of hydrogen-bond acceptors (Lipinski definition) is 5. The van der Waals surface area contributed by atoms with Crippen LogP contribution in [0.15, 0.2) is 21.9 Å². The molecule has 16 heavy (non-hydrogen) atoms. The Morgan fingerprint density at radius 3 is 2.69 bits per heavy atom. The van der Waals surface area contributed by atoms with Crippen LogP contribution in [0.2, 0.25) is 0 Å². The van der Waals surface area contributed by atoms with Crippen molar-refractivity contribution >= 4 is 5.97 Å². The second-order valence-electron chi connectivity index (χ2n) is 2.99. The Labute approximate surface area is 90.6 Å². The van der Waals surface area contributed by atoms with E-state index in [9.17, 15) is 14.4 Å². The van der Waals surface area contributed by atoms with Gasteiger partial charge in [0.1, 0.15) is 6.23 Å². The molecule has 7 heteroatoms. The number of esters is 1. The van der Waals surface area contributed by atoms with Crippen LogP contribution in [0.4, 0.5) is 0 Å². The molecule has 1 heterocycles. The van der Waals surface area contributed by atoms with Gasteiger partial charge in [0.15, 0.2) is 0 Å². The molecule has 0 fully saturated rings. The predicted molar refractivity (Wildman–Crippen MR) is 54.0 cm³/mol. The number of nitrogens with one attached hydrogen (secondary N) is 1. The number of nitrogens with zero attached hydrogens (tertiary/aromatic N) is 1. The lowest BCUT2D eigenvalue weighted by atomic mass is 10.3. The Hall–Kier alpha value is -1.89. The first-order valence-electron chi connectivity index (χ1n) is 4.49. The Kier molecular flexibility index (Phi) is 4.01. The van der Waals surface area contributed by atoms with Crippen LogP contribution in [-0.4, -0.2) is 29.7 Å². The summed E-state index contributed by atoms with van der Waals surface area (Å²) in [7, 11) is 2.59. The van der Waals surface area contributed by atoms with E-state index in [0.29, 0.717) is 0 Å². The first kappa shape index (κ1) is 12.2. The summed E-state index contributed by atoms with van der Waals surface area (Å²) >= 11 is 0. The van der Waals surface area contributed by atoms with Gasteiger partial charge in [-0.1, -0.05) is 0 Å². The van der Waals surface area contributed by atoms with E-state index in [-0.39, 0.29) is 6.42 Å². The monoisotopic (exact) mass is 228 g/mol. The van der Waals surface area contributed by atoms with E-state index in [2.05, 4.69) is 9.72 Å². The third-order valence-electron chi connectivity index (χ3n) is 2.00. The van der Waals surface area contributed by atoms with Crippen LogP contribution in [0.1, 0.15) is 12.6 Å². The van der Waals surface area contributed by atoms with E-state index in [1.807, 2.05) is 0 Å². The Bertz CT molecular complexity index is 475. The topological polar surface area (TPSA) is 90.4 Å². The summed E-state index contributed by atoms with van der Waals surface area (Å²) in [6.45, 7) is 0. The van der Waals surface area contributed by atoms with Crippen molar-refractivity contribution in [1.29, 1.82) is 0 Å². The molecule has 7 nitrogen and oxygen atoms in total. The maximum Gasteiger partial charge on any atom is 0.330 e. The van der Waals surface area contributed by atoms with Gasteiger partial charge in [-0.05, 0) is 0 Å². The SMILES string of the molecule is COC(=O)CC(OC)n1ccc(=O)[nH]c1=O. The number of H-pyrrole nitrogens is 1. The minimum absolute atomic E-state index is 0.112. The highest BCUT2D eigenvalue weighted by Crippen LogP contribution is 2.09. The summed E-state index contributed by atoms with van der Waals surface area (Å²) in [4.78, 5) is 35.3. The average Bonchev–Trinajstić information content (AvgIpc) is 2.26. The number of aromatic amines is 1. The Morgan fingerprint density at radius 2 is 2.19 bits per heavy atom. The van der Waals surface area contributed by atoms with Crippen molar-refractivity contribution in [3.8, 4) is 0 Å². The molecule has 1 rings (SSSR count). The van der Waals surface area contributed by atoms with Crippen molar-refractivity contribution in [2.45, 2.75) is 12.6 Å². The fraction of sp³-hybridized carbons (Fsp3) is 0.444. The van der Waals surface area contributed by atoms with E-state index in [1.54, 1.807) is 0 Å². The lowest BCUT2D eigenvalue weighted by molar-refractivity contribution is -0.145. The molecule has 0 amide bonds. The summed E-state index contributed by atoms with van der Waals surface area (Å²) in [6.07, 6.45) is 0.355. The lowest BCUT2D eigenvalue weighted by Gasteiger charge is -2.15. The van der Waals surface area contributed by atoms with Crippen molar-refractivity contribution in [3.05, 3.63) is 33.1 Å². The molecular weight excluding hydrogens is 216 g/mol. The molecule has 1 aromatic heterocycles. The summed E-state index contributed by atoms with van der Waals surface area (Å²) in [5, 5.41) is 0. The minimum Gasteiger partial charge on any atom is -0.469 e. The van der Waals surface area contributed by atoms with Gasteiger partial charge in [0, 0.05) is 19.4 Å². The zero-order chi connectivity index (χ0) is 12.1. The molecule has 0 aromatic carbocycles. The van der Waals surface area contributed by atoms with Gasteiger partial charge in [0.25, 0.3) is 5.56 Å². The van der Waals surface area contributed by atoms with E-state index in [0.717, 1.165) is 4.57 Å². The Morgan fingerprint density at radius 1 is 1.50 bits per heavy atom. The fourth-order valence-corrected chi connectivity index (χ4v) is 1.18. The number of rotatable bonds is 4. The highest BCUT2D eigenvalue weighted by molar-refractivity contribution is 5.69. The molecule has 0 aliphatic carbocycles. The zero-order valence-electron chi connectivity index (χ0n) is 8.93. The summed E-state index contributed by atoms with van der Waals surface area (Å²) in [5.41, 5.74) is -1.14. The molecule has 1 aromatic rings. The summed E-state index contributed by atoms with van der Waals surface area (Å²) in [6, 6.07) is 1.17. The second-order valence-corrected chi connectivity index (χ2v) is 2.99. The third-order valence-corrected chi connectivity index (χ3v) is 2.00. The van der Waals surface area contributed by atoms with Crippen molar-refractivity contribution in [2.75, 3.05) is 14.2 Å².